The van der Waals surface area contributed by atoms with Crippen molar-refractivity contribution in [1.29, 1.82) is 0 Å². The van der Waals surface area contributed by atoms with Crippen LogP contribution in [-0.2, 0) is 11.2 Å². The Morgan fingerprint density at radius 2 is 2.20 bits per heavy atom. The topological polar surface area (TPSA) is 37.3 Å². The molecule has 2 rings (SSSR count). The Morgan fingerprint density at radius 1 is 1.47 bits per heavy atom. The summed E-state index contributed by atoms with van der Waals surface area (Å²) in [6.45, 7) is 4.16. The number of carboxylic acids is 1. The molecule has 1 aromatic carbocycles. The molecule has 0 bridgehead atoms. The fourth-order valence-corrected chi connectivity index (χ4v) is 2.08. The molecule has 1 aliphatic carbocycles. The summed E-state index contributed by atoms with van der Waals surface area (Å²) in [7, 11) is 0. The number of rotatable bonds is 3. The van der Waals surface area contributed by atoms with Gasteiger partial charge < -0.3 is 5.11 Å². The molecule has 2 heteroatoms. The molecule has 2 unspecified atom stereocenters. The third-order valence-electron chi connectivity index (χ3n) is 3.23. The normalized spacial score (nSPS) is 23.9. The monoisotopic (exact) mass is 204 g/mol. The largest absolute Gasteiger partial charge is 0.481 e. The van der Waals surface area contributed by atoms with Crippen LogP contribution in [0.25, 0.3) is 0 Å². The number of carbonyl (C=O) groups is 1. The van der Waals surface area contributed by atoms with Gasteiger partial charge in [0.25, 0.3) is 0 Å². The Kier molecular flexibility index (Phi) is 2.51. The van der Waals surface area contributed by atoms with Crippen LogP contribution in [0.15, 0.2) is 18.2 Å². The van der Waals surface area contributed by atoms with E-state index in [0.29, 0.717) is 5.92 Å². The maximum absolute atomic E-state index is 10.7. The molecule has 1 fully saturated rings. The van der Waals surface area contributed by atoms with Crippen LogP contribution in [0.1, 0.15) is 23.1 Å². The molecule has 15 heavy (non-hydrogen) atoms. The number of hydrogen-bond donors (Lipinski definition) is 1. The Morgan fingerprint density at radius 3 is 2.80 bits per heavy atom. The number of aliphatic carboxylic acids is 1. The van der Waals surface area contributed by atoms with Gasteiger partial charge in [0.15, 0.2) is 0 Å². The maximum atomic E-state index is 10.7. The van der Waals surface area contributed by atoms with E-state index in [1.54, 1.807) is 0 Å². The molecule has 0 aromatic heterocycles. The van der Waals surface area contributed by atoms with Crippen LogP contribution in [0.2, 0.25) is 0 Å². The quantitative estimate of drug-likeness (QED) is 0.821. The number of aryl methyl sites for hydroxylation is 2. The zero-order chi connectivity index (χ0) is 11.0. The number of carboxylic acid groups (broad SMARTS) is 1. The molecular formula is C13H16O2. The maximum Gasteiger partial charge on any atom is 0.306 e. The van der Waals surface area contributed by atoms with Gasteiger partial charge in [-0.2, -0.15) is 0 Å². The number of hydrogen-bond acceptors (Lipinski definition) is 1. The van der Waals surface area contributed by atoms with Crippen molar-refractivity contribution >= 4 is 5.97 Å². The molecule has 0 saturated heterocycles. The Balaban J connectivity index is 2.06. The van der Waals surface area contributed by atoms with E-state index in [9.17, 15) is 4.79 Å². The molecule has 1 N–H and O–H groups in total. The fourth-order valence-electron chi connectivity index (χ4n) is 2.08. The minimum Gasteiger partial charge on any atom is -0.481 e. The van der Waals surface area contributed by atoms with E-state index in [-0.39, 0.29) is 5.92 Å². The molecule has 1 aliphatic rings. The third kappa shape index (κ3) is 2.20. The van der Waals surface area contributed by atoms with Crippen molar-refractivity contribution in [2.75, 3.05) is 0 Å². The Bertz CT molecular complexity index is 396. The Labute approximate surface area is 89.9 Å². The van der Waals surface area contributed by atoms with Gasteiger partial charge in [-0.25, -0.2) is 0 Å². The standard InChI is InChI=1S/C13H16O2/c1-8-3-4-9(2)10(5-8)6-11-7-12(11)13(14)15/h3-5,11-12H,6-7H2,1-2H3,(H,14,15). The third-order valence-corrected chi connectivity index (χ3v) is 3.23. The molecule has 80 valence electrons. The van der Waals surface area contributed by atoms with Crippen molar-refractivity contribution in [3.8, 4) is 0 Å². The van der Waals surface area contributed by atoms with Gasteiger partial charge in [-0.15, -0.1) is 0 Å². The summed E-state index contributed by atoms with van der Waals surface area (Å²) in [4.78, 5) is 10.7. The average molecular weight is 204 g/mol. The summed E-state index contributed by atoms with van der Waals surface area (Å²) in [5, 5.41) is 8.83. The summed E-state index contributed by atoms with van der Waals surface area (Å²) >= 11 is 0. The first-order valence-corrected chi connectivity index (χ1v) is 5.37. The summed E-state index contributed by atoms with van der Waals surface area (Å²) in [6, 6.07) is 6.38. The molecule has 1 saturated carbocycles. The van der Waals surface area contributed by atoms with Crippen molar-refractivity contribution in [2.24, 2.45) is 11.8 Å². The van der Waals surface area contributed by atoms with Gasteiger partial charge in [-0.05, 0) is 43.7 Å². The average Bonchev–Trinajstić information content (AvgIpc) is 2.91. The zero-order valence-corrected chi connectivity index (χ0v) is 9.16. The van der Waals surface area contributed by atoms with E-state index in [2.05, 4.69) is 32.0 Å². The van der Waals surface area contributed by atoms with Gasteiger partial charge in [0.2, 0.25) is 0 Å². The first-order valence-electron chi connectivity index (χ1n) is 5.37. The summed E-state index contributed by atoms with van der Waals surface area (Å²) in [5.41, 5.74) is 3.84. The summed E-state index contributed by atoms with van der Waals surface area (Å²) < 4.78 is 0. The zero-order valence-electron chi connectivity index (χ0n) is 9.16. The van der Waals surface area contributed by atoms with Crippen LogP contribution in [0, 0.1) is 25.7 Å². The highest BCUT2D eigenvalue weighted by molar-refractivity contribution is 5.73. The second-order valence-electron chi connectivity index (χ2n) is 4.57. The molecule has 0 aliphatic heterocycles. The van der Waals surface area contributed by atoms with E-state index < -0.39 is 5.97 Å². The minimum atomic E-state index is -0.634. The van der Waals surface area contributed by atoms with Gasteiger partial charge in [0.1, 0.15) is 0 Å². The lowest BCUT2D eigenvalue weighted by Crippen LogP contribution is -2.02. The van der Waals surface area contributed by atoms with Gasteiger partial charge in [0, 0.05) is 0 Å². The minimum absolute atomic E-state index is 0.0927. The van der Waals surface area contributed by atoms with Gasteiger partial charge in [-0.3, -0.25) is 4.79 Å². The highest BCUT2D eigenvalue weighted by Crippen LogP contribution is 2.41. The Hall–Kier alpha value is -1.31. The second-order valence-corrected chi connectivity index (χ2v) is 4.57. The molecule has 2 nitrogen and oxygen atoms in total. The highest BCUT2D eigenvalue weighted by atomic mass is 16.4. The predicted octanol–water partition coefficient (Wildman–Crippen LogP) is 2.57. The van der Waals surface area contributed by atoms with Crippen molar-refractivity contribution in [3.05, 3.63) is 34.9 Å². The van der Waals surface area contributed by atoms with Crippen molar-refractivity contribution in [2.45, 2.75) is 26.7 Å². The molecule has 0 radical (unpaired) electrons. The van der Waals surface area contributed by atoms with Crippen molar-refractivity contribution in [1.82, 2.24) is 0 Å². The molecule has 0 heterocycles. The van der Waals surface area contributed by atoms with E-state index in [4.69, 9.17) is 5.11 Å². The van der Waals surface area contributed by atoms with E-state index >= 15 is 0 Å². The summed E-state index contributed by atoms with van der Waals surface area (Å²) in [6.07, 6.45) is 1.77. The van der Waals surface area contributed by atoms with E-state index in [1.807, 2.05) is 0 Å². The van der Waals surface area contributed by atoms with Crippen LogP contribution >= 0.6 is 0 Å². The lowest BCUT2D eigenvalue weighted by Gasteiger charge is -2.06. The predicted molar refractivity (Wildman–Crippen MR) is 58.9 cm³/mol. The van der Waals surface area contributed by atoms with Crippen LogP contribution in [0.5, 0.6) is 0 Å². The second kappa shape index (κ2) is 3.69. The lowest BCUT2D eigenvalue weighted by molar-refractivity contribution is -0.138. The van der Waals surface area contributed by atoms with Crippen molar-refractivity contribution in [3.63, 3.8) is 0 Å². The smallest absolute Gasteiger partial charge is 0.306 e. The van der Waals surface area contributed by atoms with Crippen LogP contribution in [0.4, 0.5) is 0 Å². The van der Waals surface area contributed by atoms with Crippen LogP contribution < -0.4 is 0 Å². The van der Waals surface area contributed by atoms with Gasteiger partial charge >= 0.3 is 5.97 Å². The van der Waals surface area contributed by atoms with Crippen LogP contribution in [0.3, 0.4) is 0 Å². The van der Waals surface area contributed by atoms with E-state index in [1.165, 1.54) is 16.7 Å². The van der Waals surface area contributed by atoms with Crippen LogP contribution in [-0.4, -0.2) is 11.1 Å². The number of benzene rings is 1. The first kappa shape index (κ1) is 10.2. The molecule has 0 spiro atoms. The van der Waals surface area contributed by atoms with Gasteiger partial charge in [0.05, 0.1) is 5.92 Å². The SMILES string of the molecule is Cc1ccc(C)c(CC2CC2C(=O)O)c1. The fraction of sp³-hybridized carbons (Fsp3) is 0.462. The molecule has 1 aromatic rings. The highest BCUT2D eigenvalue weighted by Gasteiger charge is 2.42. The molecular weight excluding hydrogens is 188 g/mol. The van der Waals surface area contributed by atoms with Crippen molar-refractivity contribution < 1.29 is 9.90 Å². The molecule has 0 amide bonds. The lowest BCUT2D eigenvalue weighted by atomic mass is 10.00. The summed E-state index contributed by atoms with van der Waals surface area (Å²) in [5.74, 6) is -0.363. The van der Waals surface area contributed by atoms with Gasteiger partial charge in [-0.1, -0.05) is 23.8 Å². The van der Waals surface area contributed by atoms with E-state index in [0.717, 1.165) is 12.8 Å². The molecule has 2 atom stereocenters. The first-order chi connectivity index (χ1) is 7.08.